The van der Waals surface area contributed by atoms with Crippen LogP contribution in [0.5, 0.6) is 11.5 Å². The highest BCUT2D eigenvalue weighted by Crippen LogP contribution is 2.41. The van der Waals surface area contributed by atoms with Crippen molar-refractivity contribution in [2.24, 2.45) is 0 Å². The van der Waals surface area contributed by atoms with Gasteiger partial charge in [-0.15, -0.1) is 10.2 Å². The molecule has 1 aromatic carbocycles. The van der Waals surface area contributed by atoms with Crippen molar-refractivity contribution in [3.63, 3.8) is 0 Å². The highest BCUT2D eigenvalue weighted by Gasteiger charge is 2.32. The van der Waals surface area contributed by atoms with E-state index in [-0.39, 0.29) is 11.7 Å². The molecule has 3 aromatic heterocycles. The van der Waals surface area contributed by atoms with Crippen molar-refractivity contribution in [3.8, 4) is 22.6 Å². The number of aromatic nitrogens is 5. The van der Waals surface area contributed by atoms with Crippen LogP contribution < -0.4 is 9.47 Å². The molecule has 160 valence electrons. The summed E-state index contributed by atoms with van der Waals surface area (Å²) in [5.41, 5.74) is 5.06. The smallest absolute Gasteiger partial charge is 0.169 e. The summed E-state index contributed by atoms with van der Waals surface area (Å²) in [5.74, 6) is 2.74. The number of fused-ring (bicyclic) bond motifs is 3. The Morgan fingerprint density at radius 2 is 1.78 bits per heavy atom. The predicted octanol–water partition coefficient (Wildman–Crippen LogP) is 3.86. The quantitative estimate of drug-likeness (QED) is 0.482. The predicted molar refractivity (Wildman–Crippen MR) is 114 cm³/mol. The average Bonchev–Trinajstić information content (AvgIpc) is 3.38. The van der Waals surface area contributed by atoms with Gasteiger partial charge in [-0.05, 0) is 49.4 Å². The maximum atomic E-state index is 14.8. The topological polar surface area (TPSA) is 74.4 Å². The van der Waals surface area contributed by atoms with Crippen molar-refractivity contribution >= 4 is 5.65 Å². The summed E-state index contributed by atoms with van der Waals surface area (Å²) in [6.45, 7) is 0.917. The molecule has 2 aliphatic heterocycles. The van der Waals surface area contributed by atoms with E-state index in [1.165, 1.54) is 6.07 Å². The number of aryl methyl sites for hydroxylation is 1. The molecule has 0 bridgehead atoms. The Balaban J connectivity index is 1.35. The summed E-state index contributed by atoms with van der Waals surface area (Å²) < 4.78 is 28.9. The van der Waals surface area contributed by atoms with Crippen molar-refractivity contribution in [3.05, 3.63) is 65.4 Å². The van der Waals surface area contributed by atoms with Crippen molar-refractivity contribution in [1.29, 1.82) is 0 Å². The Morgan fingerprint density at radius 3 is 2.59 bits per heavy atom. The molecule has 0 radical (unpaired) electrons. The van der Waals surface area contributed by atoms with E-state index >= 15 is 0 Å². The van der Waals surface area contributed by atoms with E-state index in [4.69, 9.17) is 9.47 Å². The van der Waals surface area contributed by atoms with E-state index < -0.39 is 0 Å². The number of hydrogen-bond acceptors (Lipinski definition) is 6. The lowest BCUT2D eigenvalue weighted by molar-refractivity contribution is 0.246. The summed E-state index contributed by atoms with van der Waals surface area (Å²) in [7, 11) is 0. The van der Waals surface area contributed by atoms with Crippen LogP contribution in [0.25, 0.3) is 16.8 Å². The zero-order chi connectivity index (χ0) is 21.2. The van der Waals surface area contributed by atoms with Crippen LogP contribution in [0.2, 0.25) is 0 Å². The summed E-state index contributed by atoms with van der Waals surface area (Å²) in [6.07, 6.45) is 8.88. The fourth-order valence-electron chi connectivity index (χ4n) is 4.91. The first-order chi connectivity index (χ1) is 15.8. The lowest BCUT2D eigenvalue weighted by Gasteiger charge is -2.16. The minimum absolute atomic E-state index is 0.00266. The molecule has 5 heterocycles. The van der Waals surface area contributed by atoms with Gasteiger partial charge in [0.1, 0.15) is 29.5 Å². The molecule has 4 aromatic rings. The minimum atomic E-state index is -0.188. The number of benzene rings is 1. The molecule has 1 atom stereocenters. The van der Waals surface area contributed by atoms with Gasteiger partial charge < -0.3 is 9.47 Å². The molecule has 0 spiro atoms. The van der Waals surface area contributed by atoms with Gasteiger partial charge in [0.15, 0.2) is 5.65 Å². The van der Waals surface area contributed by atoms with Gasteiger partial charge in [0.05, 0.1) is 24.8 Å². The third-order valence-electron chi connectivity index (χ3n) is 6.72. The minimum Gasteiger partial charge on any atom is -0.493 e. The van der Waals surface area contributed by atoms with Crippen LogP contribution in [-0.2, 0) is 12.8 Å². The molecule has 1 saturated carbocycles. The van der Waals surface area contributed by atoms with Crippen LogP contribution in [0, 0.1) is 5.82 Å². The van der Waals surface area contributed by atoms with Crippen LogP contribution in [-0.4, -0.2) is 37.8 Å². The first-order valence-corrected chi connectivity index (χ1v) is 11.0. The highest BCUT2D eigenvalue weighted by molar-refractivity contribution is 5.78. The molecule has 3 aliphatic rings. The van der Waals surface area contributed by atoms with E-state index in [1.807, 2.05) is 22.9 Å². The van der Waals surface area contributed by atoms with Crippen LogP contribution in [0.4, 0.5) is 4.39 Å². The lowest BCUT2D eigenvalue weighted by atomic mass is 9.93. The molecular weight excluding hydrogens is 409 g/mol. The number of pyridine rings is 1. The van der Waals surface area contributed by atoms with E-state index in [9.17, 15) is 4.39 Å². The Bertz CT molecular complexity index is 1360. The van der Waals surface area contributed by atoms with Crippen LogP contribution >= 0.6 is 0 Å². The second kappa shape index (κ2) is 6.72. The third-order valence-corrected chi connectivity index (χ3v) is 6.72. The summed E-state index contributed by atoms with van der Waals surface area (Å²) >= 11 is 0. The molecule has 0 N–H and O–H groups in total. The number of rotatable bonds is 2. The van der Waals surface area contributed by atoms with Gasteiger partial charge in [-0.1, -0.05) is 0 Å². The van der Waals surface area contributed by atoms with Crippen molar-refractivity contribution in [2.45, 2.75) is 37.5 Å². The Labute approximate surface area is 183 Å². The maximum absolute atomic E-state index is 14.8. The Hall–Kier alpha value is -3.55. The van der Waals surface area contributed by atoms with Crippen molar-refractivity contribution in [1.82, 2.24) is 24.6 Å². The molecule has 0 saturated heterocycles. The fraction of sp³-hybridized carbons (Fsp3) is 0.333. The zero-order valence-electron chi connectivity index (χ0n) is 17.3. The fourth-order valence-corrected chi connectivity index (χ4v) is 4.91. The first kappa shape index (κ1) is 18.1. The van der Waals surface area contributed by atoms with Gasteiger partial charge >= 0.3 is 0 Å². The van der Waals surface area contributed by atoms with Crippen LogP contribution in [0.3, 0.4) is 0 Å². The normalized spacial score (nSPS) is 19.3. The van der Waals surface area contributed by atoms with E-state index in [0.717, 1.165) is 63.8 Å². The molecule has 32 heavy (non-hydrogen) atoms. The Kier molecular flexibility index (Phi) is 3.79. The highest BCUT2D eigenvalue weighted by atomic mass is 19.1. The van der Waals surface area contributed by atoms with Gasteiger partial charge in [-0.2, -0.15) is 0 Å². The first-order valence-electron chi connectivity index (χ1n) is 11.0. The van der Waals surface area contributed by atoms with E-state index in [1.54, 1.807) is 12.4 Å². The number of hydrogen-bond donors (Lipinski definition) is 0. The SMILES string of the molecule is Fc1ccc2c3c1CCc1c(cc(-c4cnc(C5CC5)nc4)c4nncn14)OC[C@H]3CO2. The van der Waals surface area contributed by atoms with Gasteiger partial charge in [0.2, 0.25) is 0 Å². The molecule has 7 rings (SSSR count). The zero-order valence-corrected chi connectivity index (χ0v) is 17.3. The van der Waals surface area contributed by atoms with Crippen molar-refractivity contribution in [2.75, 3.05) is 13.2 Å². The molecule has 1 aliphatic carbocycles. The van der Waals surface area contributed by atoms with Gasteiger partial charge in [-0.3, -0.25) is 4.40 Å². The maximum Gasteiger partial charge on any atom is 0.169 e. The molecule has 0 unspecified atom stereocenters. The number of halogens is 1. The third kappa shape index (κ3) is 2.71. The number of nitrogens with zero attached hydrogens (tertiary/aromatic N) is 5. The van der Waals surface area contributed by atoms with Crippen LogP contribution in [0.1, 0.15) is 47.3 Å². The molecule has 7 nitrogen and oxygen atoms in total. The molecular formula is C24H20FN5O2. The van der Waals surface area contributed by atoms with Crippen LogP contribution in [0.15, 0.2) is 36.9 Å². The van der Waals surface area contributed by atoms with Gasteiger partial charge in [0, 0.05) is 35.0 Å². The summed E-state index contributed by atoms with van der Waals surface area (Å²) in [4.78, 5) is 9.14. The lowest BCUT2D eigenvalue weighted by Crippen LogP contribution is -2.13. The largest absolute Gasteiger partial charge is 0.493 e. The van der Waals surface area contributed by atoms with Gasteiger partial charge in [-0.25, -0.2) is 14.4 Å². The molecule has 8 heteroatoms. The summed E-state index contributed by atoms with van der Waals surface area (Å²) in [6, 6.07) is 5.22. The second-order valence-electron chi connectivity index (χ2n) is 8.75. The molecule has 1 fully saturated rings. The second-order valence-corrected chi connectivity index (χ2v) is 8.75. The monoisotopic (exact) mass is 429 g/mol. The average molecular weight is 429 g/mol. The molecule has 0 amide bonds. The van der Waals surface area contributed by atoms with E-state index in [0.29, 0.717) is 32.0 Å². The standard InChI is InChI=1S/C24H20FN5O2/c25-18-4-6-20-22-15(10-31-20)11-32-21-7-17(14-8-26-23(27-9-14)13-1-2-13)24-29-28-12-30(24)19(21)5-3-16(18)22/h4,6-9,12-13,15H,1-3,5,10-11H2/t15-/m1/s1. The number of ether oxygens (including phenoxy) is 2. The van der Waals surface area contributed by atoms with E-state index in [2.05, 4.69) is 20.2 Å². The van der Waals surface area contributed by atoms with Gasteiger partial charge in [0.25, 0.3) is 0 Å². The summed E-state index contributed by atoms with van der Waals surface area (Å²) in [5, 5.41) is 8.51. The Morgan fingerprint density at radius 1 is 0.969 bits per heavy atom. The van der Waals surface area contributed by atoms with Crippen molar-refractivity contribution < 1.29 is 13.9 Å².